The number of aliphatic hydroxyl groups is 1. The van der Waals surface area contributed by atoms with E-state index < -0.39 is 6.10 Å². The highest BCUT2D eigenvalue weighted by Crippen LogP contribution is 2.29. The Kier molecular flexibility index (Phi) is 6.24. The normalized spacial score (nSPS) is 12.4. The van der Waals surface area contributed by atoms with Crippen LogP contribution in [0.15, 0.2) is 35.0 Å². The lowest BCUT2D eigenvalue weighted by Crippen LogP contribution is -2.20. The van der Waals surface area contributed by atoms with Gasteiger partial charge in [0.1, 0.15) is 0 Å². The molecule has 0 saturated carbocycles. The fraction of sp³-hybridized carbons (Fsp3) is 0.412. The van der Waals surface area contributed by atoms with E-state index in [1.54, 1.807) is 18.4 Å². The zero-order valence-electron chi connectivity index (χ0n) is 13.2. The molecule has 22 heavy (non-hydrogen) atoms. The van der Waals surface area contributed by atoms with Crippen molar-refractivity contribution >= 4 is 11.3 Å². The van der Waals surface area contributed by atoms with Crippen molar-refractivity contribution in [1.82, 2.24) is 5.32 Å². The highest BCUT2D eigenvalue weighted by molar-refractivity contribution is 7.07. The Morgan fingerprint density at radius 2 is 2.05 bits per heavy atom. The van der Waals surface area contributed by atoms with Crippen molar-refractivity contribution in [2.24, 2.45) is 0 Å². The number of rotatable bonds is 8. The van der Waals surface area contributed by atoms with Gasteiger partial charge in [0.05, 0.1) is 19.3 Å². The molecule has 0 radical (unpaired) electrons. The second-order valence-corrected chi connectivity index (χ2v) is 6.14. The molecule has 0 aliphatic carbocycles. The van der Waals surface area contributed by atoms with Crippen molar-refractivity contribution < 1.29 is 14.6 Å². The standard InChI is InChI=1S/C17H23NO3S/c1-12(2)21-16-5-4-13(8-17(16)20-3)9-18-10-15(19)14-6-7-22-11-14/h4-8,11-12,15,18-19H,9-10H2,1-3H3. The van der Waals surface area contributed by atoms with Crippen LogP contribution in [0.1, 0.15) is 31.1 Å². The quantitative estimate of drug-likeness (QED) is 0.783. The summed E-state index contributed by atoms with van der Waals surface area (Å²) in [5.74, 6) is 1.48. The summed E-state index contributed by atoms with van der Waals surface area (Å²) < 4.78 is 11.1. The second kappa shape index (κ2) is 8.17. The lowest BCUT2D eigenvalue weighted by molar-refractivity contribution is 0.175. The summed E-state index contributed by atoms with van der Waals surface area (Å²) in [6.45, 7) is 5.16. The van der Waals surface area contributed by atoms with Gasteiger partial charge in [-0.25, -0.2) is 0 Å². The van der Waals surface area contributed by atoms with Gasteiger partial charge in [-0.1, -0.05) is 6.07 Å². The molecule has 2 aromatic rings. The van der Waals surface area contributed by atoms with Gasteiger partial charge in [0.15, 0.2) is 11.5 Å². The first kappa shape index (κ1) is 16.8. The molecule has 0 fully saturated rings. The van der Waals surface area contributed by atoms with Crippen LogP contribution in [0.5, 0.6) is 11.5 Å². The van der Waals surface area contributed by atoms with Crippen LogP contribution in [0.2, 0.25) is 0 Å². The van der Waals surface area contributed by atoms with Crippen molar-refractivity contribution in [3.63, 3.8) is 0 Å². The number of hydrogen-bond acceptors (Lipinski definition) is 5. The Morgan fingerprint density at radius 1 is 1.23 bits per heavy atom. The summed E-state index contributed by atoms with van der Waals surface area (Å²) in [6.07, 6.45) is -0.365. The minimum absolute atomic E-state index is 0.110. The third-order valence-corrected chi connectivity index (χ3v) is 3.89. The molecule has 120 valence electrons. The van der Waals surface area contributed by atoms with Crippen molar-refractivity contribution in [2.45, 2.75) is 32.6 Å². The Hall–Kier alpha value is -1.56. The van der Waals surface area contributed by atoms with E-state index in [0.29, 0.717) is 13.1 Å². The van der Waals surface area contributed by atoms with Gasteiger partial charge in [-0.2, -0.15) is 11.3 Å². The molecule has 1 atom stereocenters. The zero-order valence-corrected chi connectivity index (χ0v) is 14.0. The lowest BCUT2D eigenvalue weighted by atomic mass is 10.1. The minimum atomic E-state index is -0.475. The third-order valence-electron chi connectivity index (χ3n) is 3.19. The SMILES string of the molecule is COc1cc(CNCC(O)c2ccsc2)ccc1OC(C)C. The molecule has 1 heterocycles. The van der Waals surface area contributed by atoms with Crippen LogP contribution in [0.25, 0.3) is 0 Å². The van der Waals surface area contributed by atoms with Crippen LogP contribution in [0, 0.1) is 0 Å². The molecule has 0 spiro atoms. The Labute approximate surface area is 135 Å². The van der Waals surface area contributed by atoms with Crippen molar-refractivity contribution in [2.75, 3.05) is 13.7 Å². The van der Waals surface area contributed by atoms with E-state index in [0.717, 1.165) is 22.6 Å². The second-order valence-electron chi connectivity index (χ2n) is 5.36. The summed E-state index contributed by atoms with van der Waals surface area (Å²) in [6, 6.07) is 7.83. The first-order valence-corrected chi connectivity index (χ1v) is 8.29. The van der Waals surface area contributed by atoms with E-state index in [-0.39, 0.29) is 6.10 Å². The van der Waals surface area contributed by atoms with Gasteiger partial charge in [-0.3, -0.25) is 0 Å². The van der Waals surface area contributed by atoms with E-state index in [1.807, 2.05) is 48.9 Å². The lowest BCUT2D eigenvalue weighted by Gasteiger charge is -2.15. The number of thiophene rings is 1. The smallest absolute Gasteiger partial charge is 0.161 e. The van der Waals surface area contributed by atoms with E-state index in [2.05, 4.69) is 5.32 Å². The van der Waals surface area contributed by atoms with Crippen LogP contribution in [-0.2, 0) is 6.54 Å². The minimum Gasteiger partial charge on any atom is -0.493 e. The number of nitrogens with one attached hydrogen (secondary N) is 1. The van der Waals surface area contributed by atoms with E-state index >= 15 is 0 Å². The monoisotopic (exact) mass is 321 g/mol. The Balaban J connectivity index is 1.90. The molecule has 1 aromatic carbocycles. The summed E-state index contributed by atoms with van der Waals surface area (Å²) in [4.78, 5) is 0. The van der Waals surface area contributed by atoms with Crippen LogP contribution < -0.4 is 14.8 Å². The summed E-state index contributed by atoms with van der Waals surface area (Å²) in [5.41, 5.74) is 2.04. The molecule has 4 nitrogen and oxygen atoms in total. The van der Waals surface area contributed by atoms with Crippen molar-refractivity contribution in [3.05, 3.63) is 46.2 Å². The average molecular weight is 321 g/mol. The molecule has 1 unspecified atom stereocenters. The molecule has 1 aromatic heterocycles. The highest BCUT2D eigenvalue weighted by atomic mass is 32.1. The van der Waals surface area contributed by atoms with Gasteiger partial charge in [0.2, 0.25) is 0 Å². The average Bonchev–Trinajstić information content (AvgIpc) is 3.02. The molecule has 2 N–H and O–H groups in total. The highest BCUT2D eigenvalue weighted by Gasteiger charge is 2.09. The summed E-state index contributed by atoms with van der Waals surface area (Å²) in [5, 5.41) is 17.2. The van der Waals surface area contributed by atoms with Gasteiger partial charge in [0.25, 0.3) is 0 Å². The zero-order chi connectivity index (χ0) is 15.9. The van der Waals surface area contributed by atoms with Gasteiger partial charge in [-0.05, 0) is 53.9 Å². The summed E-state index contributed by atoms with van der Waals surface area (Å²) in [7, 11) is 1.64. The largest absolute Gasteiger partial charge is 0.493 e. The number of methoxy groups -OCH3 is 1. The number of hydrogen-bond donors (Lipinski definition) is 2. The molecule has 0 bridgehead atoms. The van der Waals surface area contributed by atoms with Gasteiger partial charge < -0.3 is 19.9 Å². The molecule has 0 amide bonds. The molecule has 2 rings (SSSR count). The maximum atomic E-state index is 10.0. The summed E-state index contributed by atoms with van der Waals surface area (Å²) >= 11 is 1.59. The number of ether oxygens (including phenoxy) is 2. The predicted octanol–water partition coefficient (Wildman–Crippen LogP) is 3.37. The molecule has 0 aliphatic rings. The van der Waals surface area contributed by atoms with Crippen LogP contribution in [0.3, 0.4) is 0 Å². The fourth-order valence-corrected chi connectivity index (χ4v) is 2.82. The van der Waals surface area contributed by atoms with E-state index in [1.165, 1.54) is 0 Å². The van der Waals surface area contributed by atoms with Crippen molar-refractivity contribution in [1.29, 1.82) is 0 Å². The fourth-order valence-electron chi connectivity index (χ4n) is 2.11. The topological polar surface area (TPSA) is 50.7 Å². The van der Waals surface area contributed by atoms with E-state index in [4.69, 9.17) is 9.47 Å². The molecule has 5 heteroatoms. The first-order chi connectivity index (χ1) is 10.6. The maximum absolute atomic E-state index is 10.0. The predicted molar refractivity (Wildman–Crippen MR) is 89.7 cm³/mol. The van der Waals surface area contributed by atoms with Gasteiger partial charge in [-0.15, -0.1) is 0 Å². The van der Waals surface area contributed by atoms with Crippen LogP contribution in [-0.4, -0.2) is 24.9 Å². The molecule has 0 saturated heterocycles. The van der Waals surface area contributed by atoms with Crippen LogP contribution in [0.4, 0.5) is 0 Å². The van der Waals surface area contributed by atoms with Crippen LogP contribution >= 0.6 is 11.3 Å². The van der Waals surface area contributed by atoms with Gasteiger partial charge in [0, 0.05) is 13.1 Å². The molecular weight excluding hydrogens is 298 g/mol. The Bertz CT molecular complexity index is 569. The number of benzene rings is 1. The van der Waals surface area contributed by atoms with Gasteiger partial charge >= 0.3 is 0 Å². The van der Waals surface area contributed by atoms with Crippen molar-refractivity contribution in [3.8, 4) is 11.5 Å². The number of aliphatic hydroxyl groups excluding tert-OH is 1. The third kappa shape index (κ3) is 4.73. The Morgan fingerprint density at radius 3 is 2.68 bits per heavy atom. The van der Waals surface area contributed by atoms with E-state index in [9.17, 15) is 5.11 Å². The maximum Gasteiger partial charge on any atom is 0.161 e. The first-order valence-electron chi connectivity index (χ1n) is 7.34. The molecule has 0 aliphatic heterocycles. The molecular formula is C17H23NO3S.